The summed E-state index contributed by atoms with van der Waals surface area (Å²) >= 11 is 1.61. The largest absolute Gasteiger partial charge is 0.329 e. The zero-order valence-electron chi connectivity index (χ0n) is 15.7. The molecule has 0 N–H and O–H groups in total. The average Bonchev–Trinajstić information content (AvgIpc) is 3.44. The molecule has 1 aliphatic rings. The van der Waals surface area contributed by atoms with Gasteiger partial charge in [-0.2, -0.15) is 5.10 Å². The van der Waals surface area contributed by atoms with Crippen LogP contribution in [0, 0.1) is 0 Å². The summed E-state index contributed by atoms with van der Waals surface area (Å²) in [7, 11) is 0. The van der Waals surface area contributed by atoms with Crippen LogP contribution >= 0.6 is 11.3 Å². The molecule has 1 saturated heterocycles. The highest BCUT2D eigenvalue weighted by atomic mass is 32.1. The first-order valence-corrected chi connectivity index (χ1v) is 10.3. The molecule has 3 aromatic heterocycles. The molecule has 0 bridgehead atoms. The SMILES string of the molecule is CCN(CC)Cc1cnc2c(C(=O)N3CCC[C@@H]3c3nccs3)cnn2c1. The second-order valence-corrected chi connectivity index (χ2v) is 7.70. The number of carbonyl (C=O) groups excluding carboxylic acids is 1. The summed E-state index contributed by atoms with van der Waals surface area (Å²) in [4.78, 5) is 26.4. The minimum atomic E-state index is -0.00769. The highest BCUT2D eigenvalue weighted by Gasteiger charge is 2.33. The molecule has 0 unspecified atom stereocenters. The molecule has 27 heavy (non-hydrogen) atoms. The number of carbonyl (C=O) groups is 1. The second kappa shape index (κ2) is 7.74. The van der Waals surface area contributed by atoms with Gasteiger partial charge in [0.05, 0.1) is 12.2 Å². The Morgan fingerprint density at radius 2 is 2.15 bits per heavy atom. The molecular formula is C19H24N6OS. The molecule has 1 fully saturated rings. The lowest BCUT2D eigenvalue weighted by atomic mass is 10.2. The highest BCUT2D eigenvalue weighted by Crippen LogP contribution is 2.34. The van der Waals surface area contributed by atoms with Crippen LogP contribution in [-0.4, -0.2) is 54.9 Å². The molecule has 142 valence electrons. The van der Waals surface area contributed by atoms with E-state index in [0.29, 0.717) is 11.2 Å². The molecule has 7 nitrogen and oxygen atoms in total. The molecule has 1 amide bonds. The first kappa shape index (κ1) is 18.1. The van der Waals surface area contributed by atoms with Gasteiger partial charge in [-0.3, -0.25) is 9.69 Å². The van der Waals surface area contributed by atoms with Crippen LogP contribution in [0.2, 0.25) is 0 Å². The quantitative estimate of drug-likeness (QED) is 0.654. The molecule has 4 heterocycles. The van der Waals surface area contributed by atoms with Gasteiger partial charge < -0.3 is 4.90 Å². The zero-order valence-corrected chi connectivity index (χ0v) is 16.5. The summed E-state index contributed by atoms with van der Waals surface area (Å²) in [5.74, 6) is -0.00769. The summed E-state index contributed by atoms with van der Waals surface area (Å²) in [6.07, 6.45) is 9.23. The van der Waals surface area contributed by atoms with Gasteiger partial charge in [-0.05, 0) is 25.9 Å². The Morgan fingerprint density at radius 3 is 2.89 bits per heavy atom. The number of fused-ring (bicyclic) bond motifs is 1. The van der Waals surface area contributed by atoms with Crippen LogP contribution in [0.4, 0.5) is 0 Å². The topological polar surface area (TPSA) is 66.6 Å². The number of rotatable bonds is 6. The predicted octanol–water partition coefficient (Wildman–Crippen LogP) is 3.00. The molecule has 8 heteroatoms. The van der Waals surface area contributed by atoms with Crippen LogP contribution in [0.15, 0.2) is 30.2 Å². The minimum Gasteiger partial charge on any atom is -0.329 e. The number of nitrogens with zero attached hydrogens (tertiary/aromatic N) is 6. The number of aromatic nitrogens is 4. The summed E-state index contributed by atoms with van der Waals surface area (Å²) in [5.41, 5.74) is 2.27. The first-order valence-electron chi connectivity index (χ1n) is 9.46. The maximum absolute atomic E-state index is 13.2. The van der Waals surface area contributed by atoms with Gasteiger partial charge in [-0.25, -0.2) is 14.5 Å². The molecular weight excluding hydrogens is 360 g/mol. The van der Waals surface area contributed by atoms with E-state index in [9.17, 15) is 4.79 Å². The number of hydrogen-bond acceptors (Lipinski definition) is 6. The fourth-order valence-electron chi connectivity index (χ4n) is 3.67. The van der Waals surface area contributed by atoms with Gasteiger partial charge in [0.1, 0.15) is 10.6 Å². The maximum atomic E-state index is 13.2. The van der Waals surface area contributed by atoms with Gasteiger partial charge in [0.15, 0.2) is 5.65 Å². The smallest absolute Gasteiger partial charge is 0.259 e. The monoisotopic (exact) mass is 384 g/mol. The van der Waals surface area contributed by atoms with Crippen LogP contribution in [0.1, 0.15) is 53.7 Å². The lowest BCUT2D eigenvalue weighted by Gasteiger charge is -2.22. The number of thiazole rings is 1. The van der Waals surface area contributed by atoms with E-state index in [4.69, 9.17) is 0 Å². The molecule has 0 aliphatic carbocycles. The van der Waals surface area contributed by atoms with Crippen LogP contribution < -0.4 is 0 Å². The zero-order chi connectivity index (χ0) is 18.8. The predicted molar refractivity (Wildman–Crippen MR) is 105 cm³/mol. The van der Waals surface area contributed by atoms with Crippen molar-refractivity contribution in [3.63, 3.8) is 0 Å². The third kappa shape index (κ3) is 3.46. The summed E-state index contributed by atoms with van der Waals surface area (Å²) in [6, 6.07) is 0.0642. The van der Waals surface area contributed by atoms with Crippen molar-refractivity contribution in [2.45, 2.75) is 39.3 Å². The third-order valence-electron chi connectivity index (χ3n) is 5.19. The van der Waals surface area contributed by atoms with Crippen LogP contribution in [0.5, 0.6) is 0 Å². The minimum absolute atomic E-state index is 0.00769. The Labute approximate surface area is 162 Å². The van der Waals surface area contributed by atoms with Crippen LogP contribution in [0.3, 0.4) is 0 Å². The average molecular weight is 385 g/mol. The van der Waals surface area contributed by atoms with E-state index < -0.39 is 0 Å². The van der Waals surface area contributed by atoms with Gasteiger partial charge in [-0.15, -0.1) is 11.3 Å². The Hall–Kier alpha value is -2.32. The van der Waals surface area contributed by atoms with Crippen molar-refractivity contribution in [1.29, 1.82) is 0 Å². The van der Waals surface area contributed by atoms with Gasteiger partial charge in [0.2, 0.25) is 0 Å². The number of likely N-dealkylation sites (tertiary alicyclic amines) is 1. The number of hydrogen-bond donors (Lipinski definition) is 0. The Bertz CT molecular complexity index is 918. The standard InChI is InChI=1S/C19H24N6OS/c1-3-23(4-2)12-14-10-21-17-15(11-22-25(17)13-14)19(26)24-8-5-6-16(24)18-20-7-9-27-18/h7,9-11,13,16H,3-6,8,12H2,1-2H3/t16-/m1/s1. The number of amides is 1. The lowest BCUT2D eigenvalue weighted by Crippen LogP contribution is -2.30. The van der Waals surface area contributed by atoms with Crippen molar-refractivity contribution in [2.24, 2.45) is 0 Å². The second-order valence-electron chi connectivity index (χ2n) is 6.78. The summed E-state index contributed by atoms with van der Waals surface area (Å²) < 4.78 is 1.72. The summed E-state index contributed by atoms with van der Waals surface area (Å²) in [6.45, 7) is 7.86. The first-order chi connectivity index (χ1) is 13.2. The molecule has 1 atom stereocenters. The molecule has 0 saturated carbocycles. The molecule has 0 radical (unpaired) electrons. The molecule has 1 aliphatic heterocycles. The van der Waals surface area contributed by atoms with Crippen molar-refractivity contribution in [3.05, 3.63) is 46.3 Å². The van der Waals surface area contributed by atoms with E-state index in [0.717, 1.165) is 49.6 Å². The van der Waals surface area contributed by atoms with Gasteiger partial charge in [0.25, 0.3) is 5.91 Å². The van der Waals surface area contributed by atoms with Crippen molar-refractivity contribution in [2.75, 3.05) is 19.6 Å². The van der Waals surface area contributed by atoms with Crippen LogP contribution in [0.25, 0.3) is 5.65 Å². The van der Waals surface area contributed by atoms with Gasteiger partial charge in [0, 0.05) is 42.6 Å². The Balaban J connectivity index is 1.59. The molecule has 4 rings (SSSR count). The van der Waals surface area contributed by atoms with E-state index >= 15 is 0 Å². The van der Waals surface area contributed by atoms with E-state index in [2.05, 4.69) is 33.8 Å². The van der Waals surface area contributed by atoms with E-state index in [-0.39, 0.29) is 11.9 Å². The van der Waals surface area contributed by atoms with Crippen molar-refractivity contribution < 1.29 is 4.79 Å². The van der Waals surface area contributed by atoms with Crippen molar-refractivity contribution >= 4 is 22.9 Å². The Morgan fingerprint density at radius 1 is 1.30 bits per heavy atom. The molecule has 0 aromatic carbocycles. The van der Waals surface area contributed by atoms with Gasteiger partial charge >= 0.3 is 0 Å². The maximum Gasteiger partial charge on any atom is 0.259 e. The highest BCUT2D eigenvalue weighted by molar-refractivity contribution is 7.09. The molecule has 3 aromatic rings. The fraction of sp³-hybridized carbons (Fsp3) is 0.474. The third-order valence-corrected chi connectivity index (χ3v) is 6.07. The summed E-state index contributed by atoms with van der Waals surface area (Å²) in [5, 5.41) is 7.36. The van der Waals surface area contributed by atoms with Crippen molar-refractivity contribution in [1.82, 2.24) is 29.4 Å². The van der Waals surface area contributed by atoms with E-state index in [1.165, 1.54) is 0 Å². The Kier molecular flexibility index (Phi) is 5.18. The van der Waals surface area contributed by atoms with E-state index in [1.54, 1.807) is 28.2 Å². The van der Waals surface area contributed by atoms with Crippen molar-refractivity contribution in [3.8, 4) is 0 Å². The molecule has 0 spiro atoms. The normalized spacial score (nSPS) is 17.3. The fourth-order valence-corrected chi connectivity index (χ4v) is 4.46. The van der Waals surface area contributed by atoms with E-state index in [1.807, 2.05) is 22.7 Å². The van der Waals surface area contributed by atoms with Crippen LogP contribution in [-0.2, 0) is 6.54 Å². The van der Waals surface area contributed by atoms with Gasteiger partial charge in [-0.1, -0.05) is 13.8 Å². The lowest BCUT2D eigenvalue weighted by molar-refractivity contribution is 0.0737.